The molecule has 5 heteroatoms. The van der Waals surface area contributed by atoms with Crippen molar-refractivity contribution in [2.24, 2.45) is 5.73 Å². The highest BCUT2D eigenvalue weighted by atomic mass is 79.9. The Labute approximate surface area is 98.6 Å². The second-order valence-corrected chi connectivity index (χ2v) is 4.82. The summed E-state index contributed by atoms with van der Waals surface area (Å²) in [6.45, 7) is 1.92. The molecule has 2 N–H and O–H groups in total. The lowest BCUT2D eigenvalue weighted by Gasteiger charge is -2.03. The van der Waals surface area contributed by atoms with Crippen molar-refractivity contribution in [3.05, 3.63) is 33.2 Å². The SMILES string of the molecule is CC(N)c1nc(Br)c2ccc(Br)cn12. The Morgan fingerprint density at radius 1 is 1.43 bits per heavy atom. The molecule has 2 rings (SSSR count). The second-order valence-electron chi connectivity index (χ2n) is 3.15. The van der Waals surface area contributed by atoms with E-state index >= 15 is 0 Å². The molecule has 0 fully saturated rings. The van der Waals surface area contributed by atoms with Gasteiger partial charge in [0.25, 0.3) is 0 Å². The molecule has 2 heterocycles. The first kappa shape index (κ1) is 10.1. The van der Waals surface area contributed by atoms with E-state index in [-0.39, 0.29) is 6.04 Å². The molecule has 1 atom stereocenters. The Bertz CT molecular complexity index is 476. The maximum atomic E-state index is 5.82. The average Bonchev–Trinajstić information content (AvgIpc) is 2.43. The number of pyridine rings is 1. The molecule has 0 aromatic carbocycles. The van der Waals surface area contributed by atoms with Crippen molar-refractivity contribution in [1.82, 2.24) is 9.38 Å². The molecule has 0 spiro atoms. The molecule has 0 saturated carbocycles. The third-order valence-electron chi connectivity index (χ3n) is 1.99. The van der Waals surface area contributed by atoms with Crippen molar-refractivity contribution >= 4 is 37.4 Å². The summed E-state index contributed by atoms with van der Waals surface area (Å²) in [5.41, 5.74) is 6.85. The lowest BCUT2D eigenvalue weighted by molar-refractivity contribution is 0.734. The van der Waals surface area contributed by atoms with Crippen LogP contribution in [0.3, 0.4) is 0 Å². The summed E-state index contributed by atoms with van der Waals surface area (Å²) in [5, 5.41) is 0. The van der Waals surface area contributed by atoms with Crippen LogP contribution in [0, 0.1) is 0 Å². The van der Waals surface area contributed by atoms with E-state index in [1.54, 1.807) is 0 Å². The number of rotatable bonds is 1. The summed E-state index contributed by atoms with van der Waals surface area (Å²) >= 11 is 6.83. The third-order valence-corrected chi connectivity index (χ3v) is 3.04. The molecule has 1 unspecified atom stereocenters. The standard InChI is InChI=1S/C9H9Br2N3/c1-5(12)9-13-8(11)7-3-2-6(10)4-14(7)9/h2-5H,12H2,1H3. The highest BCUT2D eigenvalue weighted by molar-refractivity contribution is 9.10. The van der Waals surface area contributed by atoms with Crippen LogP contribution in [0.15, 0.2) is 27.4 Å². The van der Waals surface area contributed by atoms with E-state index in [2.05, 4.69) is 36.8 Å². The van der Waals surface area contributed by atoms with Crippen LogP contribution in [0.5, 0.6) is 0 Å². The van der Waals surface area contributed by atoms with Crippen LogP contribution in [-0.2, 0) is 0 Å². The summed E-state index contributed by atoms with van der Waals surface area (Å²) < 4.78 is 3.83. The normalized spacial score (nSPS) is 13.4. The first-order valence-electron chi connectivity index (χ1n) is 4.18. The average molecular weight is 319 g/mol. The molecule has 0 aliphatic carbocycles. The van der Waals surface area contributed by atoms with Crippen LogP contribution in [0.1, 0.15) is 18.8 Å². The van der Waals surface area contributed by atoms with Crippen molar-refractivity contribution in [1.29, 1.82) is 0 Å². The number of hydrogen-bond acceptors (Lipinski definition) is 2. The molecular weight excluding hydrogens is 310 g/mol. The van der Waals surface area contributed by atoms with Gasteiger partial charge in [0.1, 0.15) is 10.4 Å². The zero-order chi connectivity index (χ0) is 10.3. The molecule has 74 valence electrons. The molecule has 2 aromatic rings. The Morgan fingerprint density at radius 2 is 2.14 bits per heavy atom. The fraction of sp³-hybridized carbons (Fsp3) is 0.222. The van der Waals surface area contributed by atoms with Gasteiger partial charge in [-0.25, -0.2) is 4.98 Å². The predicted octanol–water partition coefficient (Wildman–Crippen LogP) is 2.88. The Balaban J connectivity index is 2.79. The van der Waals surface area contributed by atoms with Gasteiger partial charge in [-0.3, -0.25) is 0 Å². The molecule has 0 bridgehead atoms. The van der Waals surface area contributed by atoms with Crippen LogP contribution < -0.4 is 5.73 Å². The van der Waals surface area contributed by atoms with Gasteiger partial charge < -0.3 is 10.1 Å². The van der Waals surface area contributed by atoms with E-state index in [1.807, 2.05) is 29.7 Å². The van der Waals surface area contributed by atoms with Gasteiger partial charge in [0.2, 0.25) is 0 Å². The minimum atomic E-state index is -0.0805. The number of imidazole rings is 1. The molecule has 0 amide bonds. The number of hydrogen-bond donors (Lipinski definition) is 1. The van der Waals surface area contributed by atoms with Crippen LogP contribution in [0.2, 0.25) is 0 Å². The number of nitrogens with zero attached hydrogens (tertiary/aromatic N) is 2. The summed E-state index contributed by atoms with van der Waals surface area (Å²) in [4.78, 5) is 4.36. The number of fused-ring (bicyclic) bond motifs is 1. The molecule has 2 aromatic heterocycles. The van der Waals surface area contributed by atoms with Gasteiger partial charge in [0.15, 0.2) is 0 Å². The van der Waals surface area contributed by atoms with E-state index < -0.39 is 0 Å². The van der Waals surface area contributed by atoms with E-state index in [0.29, 0.717) is 0 Å². The Kier molecular flexibility index (Phi) is 2.64. The monoisotopic (exact) mass is 317 g/mol. The van der Waals surface area contributed by atoms with Crippen molar-refractivity contribution in [2.75, 3.05) is 0 Å². The van der Waals surface area contributed by atoms with Gasteiger partial charge in [-0.05, 0) is 50.9 Å². The number of aromatic nitrogens is 2. The van der Waals surface area contributed by atoms with Crippen molar-refractivity contribution in [3.8, 4) is 0 Å². The van der Waals surface area contributed by atoms with E-state index in [9.17, 15) is 0 Å². The minimum absolute atomic E-state index is 0.0805. The largest absolute Gasteiger partial charge is 0.322 e. The lowest BCUT2D eigenvalue weighted by Crippen LogP contribution is -2.09. The predicted molar refractivity (Wildman–Crippen MR) is 63.2 cm³/mol. The zero-order valence-electron chi connectivity index (χ0n) is 7.54. The van der Waals surface area contributed by atoms with E-state index in [0.717, 1.165) is 20.4 Å². The zero-order valence-corrected chi connectivity index (χ0v) is 10.7. The van der Waals surface area contributed by atoms with Crippen LogP contribution in [0.25, 0.3) is 5.52 Å². The fourth-order valence-corrected chi connectivity index (χ4v) is 2.21. The summed E-state index contributed by atoms with van der Waals surface area (Å²) in [6, 6.07) is 3.89. The summed E-state index contributed by atoms with van der Waals surface area (Å²) in [6.07, 6.45) is 1.96. The van der Waals surface area contributed by atoms with Gasteiger partial charge in [-0.15, -0.1) is 0 Å². The Morgan fingerprint density at radius 3 is 2.79 bits per heavy atom. The number of nitrogens with two attached hydrogens (primary N) is 1. The highest BCUT2D eigenvalue weighted by Gasteiger charge is 2.11. The Hall–Kier alpha value is -0.390. The maximum absolute atomic E-state index is 5.82. The minimum Gasteiger partial charge on any atom is -0.322 e. The van der Waals surface area contributed by atoms with Crippen LogP contribution in [0.4, 0.5) is 0 Å². The van der Waals surface area contributed by atoms with Crippen LogP contribution in [-0.4, -0.2) is 9.38 Å². The molecule has 14 heavy (non-hydrogen) atoms. The van der Waals surface area contributed by atoms with Gasteiger partial charge >= 0.3 is 0 Å². The molecule has 0 aliphatic heterocycles. The van der Waals surface area contributed by atoms with E-state index in [1.165, 1.54) is 0 Å². The number of halogens is 2. The van der Waals surface area contributed by atoms with Crippen molar-refractivity contribution < 1.29 is 0 Å². The first-order valence-corrected chi connectivity index (χ1v) is 5.77. The van der Waals surface area contributed by atoms with Gasteiger partial charge in [0, 0.05) is 10.7 Å². The topological polar surface area (TPSA) is 43.3 Å². The van der Waals surface area contributed by atoms with Gasteiger partial charge in [-0.1, -0.05) is 0 Å². The maximum Gasteiger partial charge on any atom is 0.132 e. The molecular formula is C9H9Br2N3. The molecule has 0 radical (unpaired) electrons. The lowest BCUT2D eigenvalue weighted by atomic mass is 10.3. The van der Waals surface area contributed by atoms with Gasteiger partial charge in [0.05, 0.1) is 11.6 Å². The van der Waals surface area contributed by atoms with Crippen molar-refractivity contribution in [2.45, 2.75) is 13.0 Å². The second kappa shape index (κ2) is 3.64. The smallest absolute Gasteiger partial charge is 0.132 e. The highest BCUT2D eigenvalue weighted by Crippen LogP contribution is 2.23. The fourth-order valence-electron chi connectivity index (χ4n) is 1.37. The summed E-state index contributed by atoms with van der Waals surface area (Å²) in [5.74, 6) is 0.855. The van der Waals surface area contributed by atoms with Crippen molar-refractivity contribution in [3.63, 3.8) is 0 Å². The molecule has 0 aliphatic rings. The summed E-state index contributed by atoms with van der Waals surface area (Å²) in [7, 11) is 0. The molecule has 3 nitrogen and oxygen atoms in total. The van der Waals surface area contributed by atoms with Crippen LogP contribution >= 0.6 is 31.9 Å². The van der Waals surface area contributed by atoms with E-state index in [4.69, 9.17) is 5.73 Å². The third kappa shape index (κ3) is 1.60. The first-order chi connectivity index (χ1) is 6.59. The quantitative estimate of drug-likeness (QED) is 0.878. The van der Waals surface area contributed by atoms with Gasteiger partial charge in [-0.2, -0.15) is 0 Å². The molecule has 0 saturated heterocycles.